The highest BCUT2D eigenvalue weighted by Crippen LogP contribution is 2.30. The fraction of sp³-hybridized carbons (Fsp3) is 0.261. The standard InChI is InChI=1S/C23H22Cl2N4O/c1-3-14-13-27-22-15(16(14)12-20-26-10-11-29(20)2)6-4-9-19(22)28-23(30)21-17(24)7-5-8-18(21)25/h4-9,13H,3,10-12H2,1-2H3,(H,28,30). The number of fused-ring (bicyclic) bond motifs is 1. The number of hydrogen-bond donors (Lipinski definition) is 1. The Bertz CT molecular complexity index is 1140. The van der Waals surface area contributed by atoms with Crippen molar-refractivity contribution in [2.45, 2.75) is 19.8 Å². The zero-order valence-corrected chi connectivity index (χ0v) is 18.4. The maximum atomic E-state index is 12.9. The van der Waals surface area contributed by atoms with Gasteiger partial charge in [-0.2, -0.15) is 0 Å². The van der Waals surface area contributed by atoms with Crippen molar-refractivity contribution < 1.29 is 4.79 Å². The molecule has 2 heterocycles. The lowest BCUT2D eigenvalue weighted by Crippen LogP contribution is -2.25. The first-order valence-electron chi connectivity index (χ1n) is 9.89. The molecule has 1 aliphatic heterocycles. The highest BCUT2D eigenvalue weighted by molar-refractivity contribution is 6.40. The number of rotatable bonds is 5. The Kier molecular flexibility index (Phi) is 5.93. The van der Waals surface area contributed by atoms with E-state index in [1.54, 1.807) is 18.2 Å². The van der Waals surface area contributed by atoms with E-state index in [9.17, 15) is 4.79 Å². The lowest BCUT2D eigenvalue weighted by Gasteiger charge is -2.18. The second kappa shape index (κ2) is 8.62. The van der Waals surface area contributed by atoms with Crippen molar-refractivity contribution in [3.05, 3.63) is 69.3 Å². The molecule has 1 N–H and O–H groups in total. The maximum absolute atomic E-state index is 12.9. The molecule has 3 aromatic rings. The van der Waals surface area contributed by atoms with Gasteiger partial charge in [-0.1, -0.05) is 48.3 Å². The number of anilines is 1. The molecule has 4 rings (SSSR count). The summed E-state index contributed by atoms with van der Waals surface area (Å²) in [5, 5.41) is 4.57. The van der Waals surface area contributed by atoms with Gasteiger partial charge in [0.15, 0.2) is 0 Å². The van der Waals surface area contributed by atoms with Crippen LogP contribution in [0.4, 0.5) is 5.69 Å². The number of carbonyl (C=O) groups is 1. The highest BCUT2D eigenvalue weighted by Gasteiger charge is 2.19. The molecule has 2 aromatic carbocycles. The molecule has 0 unspecified atom stereocenters. The van der Waals surface area contributed by atoms with E-state index >= 15 is 0 Å². The fourth-order valence-electron chi connectivity index (χ4n) is 3.76. The summed E-state index contributed by atoms with van der Waals surface area (Å²) >= 11 is 12.4. The Balaban J connectivity index is 1.75. The van der Waals surface area contributed by atoms with Crippen LogP contribution in [0, 0.1) is 0 Å². The Morgan fingerprint density at radius 2 is 1.90 bits per heavy atom. The largest absolute Gasteiger partial charge is 0.361 e. The Morgan fingerprint density at radius 1 is 1.17 bits per heavy atom. The van der Waals surface area contributed by atoms with Gasteiger partial charge in [-0.25, -0.2) is 0 Å². The van der Waals surface area contributed by atoms with E-state index in [4.69, 9.17) is 23.2 Å². The Hall–Kier alpha value is -2.63. The van der Waals surface area contributed by atoms with Crippen LogP contribution in [0.2, 0.25) is 10.0 Å². The number of halogens is 2. The monoisotopic (exact) mass is 440 g/mol. The molecule has 0 saturated heterocycles. The third-order valence-corrected chi connectivity index (χ3v) is 6.05. The van der Waals surface area contributed by atoms with Gasteiger partial charge in [0.25, 0.3) is 5.91 Å². The number of amidine groups is 1. The van der Waals surface area contributed by atoms with Gasteiger partial charge in [-0.15, -0.1) is 0 Å². The molecule has 5 nitrogen and oxygen atoms in total. The highest BCUT2D eigenvalue weighted by atomic mass is 35.5. The number of benzene rings is 2. The van der Waals surface area contributed by atoms with Gasteiger partial charge >= 0.3 is 0 Å². The van der Waals surface area contributed by atoms with E-state index in [0.29, 0.717) is 15.7 Å². The number of amides is 1. The molecule has 0 aliphatic carbocycles. The summed E-state index contributed by atoms with van der Waals surface area (Å²) < 4.78 is 0. The number of pyridine rings is 1. The molecule has 0 fully saturated rings. The number of aryl methyl sites for hydroxylation is 1. The van der Waals surface area contributed by atoms with Crippen LogP contribution in [0.3, 0.4) is 0 Å². The summed E-state index contributed by atoms with van der Waals surface area (Å²) in [5.74, 6) is 0.718. The van der Waals surface area contributed by atoms with E-state index in [1.165, 1.54) is 11.1 Å². The van der Waals surface area contributed by atoms with Crippen molar-refractivity contribution in [3.8, 4) is 0 Å². The minimum Gasteiger partial charge on any atom is -0.361 e. The number of aliphatic imine (C=N–C) groups is 1. The van der Waals surface area contributed by atoms with Crippen molar-refractivity contribution in [3.63, 3.8) is 0 Å². The third-order valence-electron chi connectivity index (χ3n) is 5.42. The van der Waals surface area contributed by atoms with Crippen LogP contribution >= 0.6 is 23.2 Å². The summed E-state index contributed by atoms with van der Waals surface area (Å²) in [6, 6.07) is 10.8. The Labute approximate surface area is 185 Å². The van der Waals surface area contributed by atoms with E-state index in [0.717, 1.165) is 42.7 Å². The number of nitrogens with zero attached hydrogens (tertiary/aromatic N) is 3. The first-order valence-corrected chi connectivity index (χ1v) is 10.6. The van der Waals surface area contributed by atoms with Gasteiger partial charge in [0, 0.05) is 31.6 Å². The van der Waals surface area contributed by atoms with E-state index in [-0.39, 0.29) is 11.5 Å². The first kappa shape index (κ1) is 20.6. The van der Waals surface area contributed by atoms with Gasteiger partial charge in [0.05, 0.1) is 33.4 Å². The molecule has 1 aliphatic rings. The second-order valence-corrected chi connectivity index (χ2v) is 8.08. The summed E-state index contributed by atoms with van der Waals surface area (Å²) in [6.45, 7) is 3.90. The SMILES string of the molecule is CCc1cnc2c(NC(=O)c3c(Cl)cccc3Cl)cccc2c1CC1=NCCN1C. The molecule has 0 bridgehead atoms. The lowest BCUT2D eigenvalue weighted by molar-refractivity contribution is 0.102. The quantitative estimate of drug-likeness (QED) is 0.589. The molecule has 0 spiro atoms. The zero-order chi connectivity index (χ0) is 21.3. The van der Waals surface area contributed by atoms with Gasteiger partial charge in [-0.05, 0) is 35.7 Å². The molecule has 7 heteroatoms. The smallest absolute Gasteiger partial charge is 0.258 e. The minimum absolute atomic E-state index is 0.255. The fourth-order valence-corrected chi connectivity index (χ4v) is 4.33. The topological polar surface area (TPSA) is 57.6 Å². The van der Waals surface area contributed by atoms with Crippen LogP contribution in [0.15, 0.2) is 47.6 Å². The summed E-state index contributed by atoms with van der Waals surface area (Å²) in [7, 11) is 2.07. The van der Waals surface area contributed by atoms with Crippen molar-refractivity contribution in [1.29, 1.82) is 0 Å². The van der Waals surface area contributed by atoms with Gasteiger partial charge < -0.3 is 10.2 Å². The van der Waals surface area contributed by atoms with Crippen LogP contribution < -0.4 is 5.32 Å². The van der Waals surface area contributed by atoms with Crippen molar-refractivity contribution in [1.82, 2.24) is 9.88 Å². The van der Waals surface area contributed by atoms with E-state index in [2.05, 4.69) is 34.2 Å². The maximum Gasteiger partial charge on any atom is 0.258 e. The van der Waals surface area contributed by atoms with Crippen LogP contribution in [0.5, 0.6) is 0 Å². The van der Waals surface area contributed by atoms with Crippen LogP contribution in [0.25, 0.3) is 10.9 Å². The van der Waals surface area contributed by atoms with Crippen molar-refractivity contribution in [2.24, 2.45) is 4.99 Å². The number of hydrogen-bond acceptors (Lipinski definition) is 4. The Morgan fingerprint density at radius 3 is 2.57 bits per heavy atom. The lowest BCUT2D eigenvalue weighted by atomic mass is 9.98. The first-order chi connectivity index (χ1) is 14.5. The van der Waals surface area contributed by atoms with E-state index < -0.39 is 0 Å². The average Bonchev–Trinajstić information content (AvgIpc) is 3.13. The van der Waals surface area contributed by atoms with E-state index in [1.807, 2.05) is 24.4 Å². The van der Waals surface area contributed by atoms with Crippen LogP contribution in [-0.2, 0) is 12.8 Å². The predicted octanol–water partition coefficient (Wildman–Crippen LogP) is 5.24. The summed E-state index contributed by atoms with van der Waals surface area (Å²) in [5.41, 5.74) is 4.00. The van der Waals surface area contributed by atoms with Crippen LogP contribution in [0.1, 0.15) is 28.4 Å². The predicted molar refractivity (Wildman–Crippen MR) is 124 cm³/mol. The second-order valence-electron chi connectivity index (χ2n) is 7.26. The molecule has 0 atom stereocenters. The third kappa shape index (κ3) is 3.87. The molecular formula is C23H22Cl2N4O. The number of aromatic nitrogens is 1. The molecular weight excluding hydrogens is 419 g/mol. The minimum atomic E-state index is -0.360. The number of likely N-dealkylation sites (N-methyl/N-ethyl adjacent to an activating group) is 1. The molecule has 1 amide bonds. The van der Waals surface area contributed by atoms with Gasteiger partial charge in [-0.3, -0.25) is 14.8 Å². The summed E-state index contributed by atoms with van der Waals surface area (Å²) in [6.07, 6.45) is 3.51. The normalized spacial score (nSPS) is 13.6. The zero-order valence-electron chi connectivity index (χ0n) is 16.9. The van der Waals surface area contributed by atoms with Crippen molar-refractivity contribution in [2.75, 3.05) is 25.5 Å². The van der Waals surface area contributed by atoms with Crippen molar-refractivity contribution >= 4 is 51.5 Å². The van der Waals surface area contributed by atoms with Gasteiger partial charge in [0.2, 0.25) is 0 Å². The number of para-hydroxylation sites is 1. The van der Waals surface area contributed by atoms with Crippen LogP contribution in [-0.4, -0.2) is 41.8 Å². The number of nitrogens with one attached hydrogen (secondary N) is 1. The molecule has 0 saturated carbocycles. The summed E-state index contributed by atoms with van der Waals surface area (Å²) in [4.78, 5) is 24.4. The molecule has 30 heavy (non-hydrogen) atoms. The molecule has 154 valence electrons. The van der Waals surface area contributed by atoms with Gasteiger partial charge in [0.1, 0.15) is 5.84 Å². The average molecular weight is 441 g/mol. The number of carbonyl (C=O) groups excluding carboxylic acids is 1. The molecule has 0 radical (unpaired) electrons. The molecule has 1 aromatic heterocycles.